The first-order chi connectivity index (χ1) is 13.1. The third-order valence-electron chi connectivity index (χ3n) is 3.63. The Morgan fingerprint density at radius 2 is 2.22 bits per heavy atom. The van der Waals surface area contributed by atoms with Crippen LogP contribution in [0.25, 0.3) is 11.5 Å². The van der Waals surface area contributed by atoms with E-state index in [9.17, 15) is 4.79 Å². The van der Waals surface area contributed by atoms with E-state index in [1.54, 1.807) is 36.8 Å². The first kappa shape index (κ1) is 19.1. The Bertz CT molecular complexity index is 960. The molecule has 7 nitrogen and oxygen atoms in total. The van der Waals surface area contributed by atoms with Crippen molar-refractivity contribution in [1.82, 2.24) is 24.7 Å². The van der Waals surface area contributed by atoms with Crippen molar-refractivity contribution < 1.29 is 4.79 Å². The van der Waals surface area contributed by atoms with Gasteiger partial charge in [-0.3, -0.25) is 14.3 Å². The molecule has 0 bridgehead atoms. The smallest absolute Gasteiger partial charge is 0.234 e. The minimum atomic E-state index is -0.153. The number of thioether (sulfide) groups is 1. The maximum atomic E-state index is 12.3. The van der Waals surface area contributed by atoms with E-state index in [1.165, 1.54) is 11.8 Å². The molecule has 0 aliphatic heterocycles. The largest absolute Gasteiger partial charge is 0.325 e. The van der Waals surface area contributed by atoms with Crippen molar-refractivity contribution in [3.63, 3.8) is 0 Å². The fourth-order valence-corrected chi connectivity index (χ4v) is 3.26. The number of aryl methyl sites for hydroxylation is 1. The minimum absolute atomic E-state index is 0.153. The number of nitrogens with one attached hydrogen (secondary N) is 1. The van der Waals surface area contributed by atoms with Gasteiger partial charge in [0.2, 0.25) is 5.91 Å². The molecular formula is C18H17ClN6OS. The Morgan fingerprint density at radius 3 is 2.96 bits per heavy atom. The molecule has 0 saturated heterocycles. The van der Waals surface area contributed by atoms with Crippen molar-refractivity contribution in [3.8, 4) is 11.5 Å². The number of carbonyl (C=O) groups excluding carboxylic acids is 1. The van der Waals surface area contributed by atoms with E-state index in [4.69, 9.17) is 11.6 Å². The molecule has 9 heteroatoms. The third kappa shape index (κ3) is 4.72. The van der Waals surface area contributed by atoms with E-state index in [-0.39, 0.29) is 11.7 Å². The molecule has 1 amide bonds. The van der Waals surface area contributed by atoms with Gasteiger partial charge in [0.05, 0.1) is 11.9 Å². The van der Waals surface area contributed by atoms with Crippen molar-refractivity contribution in [2.75, 3.05) is 11.1 Å². The molecule has 1 N–H and O–H groups in total. The lowest BCUT2D eigenvalue weighted by Gasteiger charge is -2.09. The number of anilines is 1. The maximum Gasteiger partial charge on any atom is 0.234 e. The highest BCUT2D eigenvalue weighted by Gasteiger charge is 2.16. The second-order valence-electron chi connectivity index (χ2n) is 5.59. The summed E-state index contributed by atoms with van der Waals surface area (Å²) in [6.07, 6.45) is 6.54. The number of hydrogen-bond acceptors (Lipinski definition) is 6. The Morgan fingerprint density at radius 1 is 1.37 bits per heavy atom. The molecule has 1 aromatic carbocycles. The van der Waals surface area contributed by atoms with Crippen LogP contribution in [0.4, 0.5) is 5.69 Å². The van der Waals surface area contributed by atoms with Gasteiger partial charge in [-0.05, 0) is 24.6 Å². The fourth-order valence-electron chi connectivity index (χ4n) is 2.34. The molecule has 0 unspecified atom stereocenters. The highest BCUT2D eigenvalue weighted by molar-refractivity contribution is 7.99. The minimum Gasteiger partial charge on any atom is -0.325 e. The summed E-state index contributed by atoms with van der Waals surface area (Å²) in [5, 5.41) is 12.4. The summed E-state index contributed by atoms with van der Waals surface area (Å²) in [6, 6.07) is 5.37. The average Bonchev–Trinajstić information content (AvgIpc) is 3.07. The third-order valence-corrected chi connectivity index (χ3v) is 4.83. The number of amides is 1. The molecule has 0 spiro atoms. The molecular weight excluding hydrogens is 384 g/mol. The van der Waals surface area contributed by atoms with Gasteiger partial charge in [0, 0.05) is 29.6 Å². The quantitative estimate of drug-likeness (QED) is 0.481. The van der Waals surface area contributed by atoms with Crippen LogP contribution in [0.2, 0.25) is 5.02 Å². The first-order valence-electron chi connectivity index (χ1n) is 8.07. The molecule has 0 radical (unpaired) electrons. The zero-order valence-electron chi connectivity index (χ0n) is 14.6. The van der Waals surface area contributed by atoms with Crippen molar-refractivity contribution in [3.05, 3.63) is 60.0 Å². The lowest BCUT2D eigenvalue weighted by atomic mass is 10.2. The molecule has 2 aromatic heterocycles. The van der Waals surface area contributed by atoms with Crippen molar-refractivity contribution >= 4 is 35.0 Å². The van der Waals surface area contributed by atoms with Crippen LogP contribution in [0.5, 0.6) is 0 Å². The van der Waals surface area contributed by atoms with Crippen LogP contribution >= 0.6 is 23.4 Å². The molecule has 2 heterocycles. The van der Waals surface area contributed by atoms with Gasteiger partial charge in [0.25, 0.3) is 0 Å². The normalized spacial score (nSPS) is 10.6. The summed E-state index contributed by atoms with van der Waals surface area (Å²) in [5.74, 6) is 0.609. The SMILES string of the molecule is C=CCn1c(SCC(=O)Nc2cc(Cl)ccc2C)nnc1-c1cnccn1. The van der Waals surface area contributed by atoms with Crippen LogP contribution in [-0.4, -0.2) is 36.4 Å². The summed E-state index contributed by atoms with van der Waals surface area (Å²) >= 11 is 7.28. The van der Waals surface area contributed by atoms with E-state index < -0.39 is 0 Å². The summed E-state index contributed by atoms with van der Waals surface area (Å²) < 4.78 is 1.85. The zero-order valence-corrected chi connectivity index (χ0v) is 16.2. The topological polar surface area (TPSA) is 85.6 Å². The first-order valence-corrected chi connectivity index (χ1v) is 9.44. The van der Waals surface area contributed by atoms with Gasteiger partial charge >= 0.3 is 0 Å². The molecule has 0 aliphatic rings. The maximum absolute atomic E-state index is 12.3. The number of nitrogens with zero attached hydrogens (tertiary/aromatic N) is 5. The number of carbonyl (C=O) groups is 1. The molecule has 3 rings (SSSR count). The number of hydrogen-bond donors (Lipinski definition) is 1. The molecule has 0 aliphatic carbocycles. The van der Waals surface area contributed by atoms with Gasteiger partial charge in [0.15, 0.2) is 11.0 Å². The molecule has 27 heavy (non-hydrogen) atoms. The van der Waals surface area contributed by atoms with Crippen molar-refractivity contribution in [1.29, 1.82) is 0 Å². The van der Waals surface area contributed by atoms with Gasteiger partial charge in [-0.1, -0.05) is 35.5 Å². The van der Waals surface area contributed by atoms with Gasteiger partial charge in [-0.2, -0.15) is 0 Å². The number of aromatic nitrogens is 5. The summed E-state index contributed by atoms with van der Waals surface area (Å²) in [4.78, 5) is 20.6. The van der Waals surface area contributed by atoms with Gasteiger partial charge in [-0.25, -0.2) is 4.98 Å². The molecule has 3 aromatic rings. The highest BCUT2D eigenvalue weighted by atomic mass is 35.5. The zero-order chi connectivity index (χ0) is 19.2. The van der Waals surface area contributed by atoms with Crippen molar-refractivity contribution in [2.24, 2.45) is 0 Å². The predicted molar refractivity (Wildman–Crippen MR) is 107 cm³/mol. The van der Waals surface area contributed by atoms with Crippen LogP contribution in [0.3, 0.4) is 0 Å². The van der Waals surface area contributed by atoms with E-state index in [1.807, 2.05) is 17.6 Å². The number of halogens is 1. The number of benzene rings is 1. The molecule has 138 valence electrons. The summed E-state index contributed by atoms with van der Waals surface area (Å²) in [5.41, 5.74) is 2.25. The van der Waals surface area contributed by atoms with Gasteiger partial charge < -0.3 is 5.32 Å². The lowest BCUT2D eigenvalue weighted by Crippen LogP contribution is -2.15. The van der Waals surface area contributed by atoms with Crippen LogP contribution < -0.4 is 5.32 Å². The number of rotatable bonds is 7. The van der Waals surface area contributed by atoms with Crippen LogP contribution in [-0.2, 0) is 11.3 Å². The average molecular weight is 401 g/mol. The Labute approximate surface area is 165 Å². The fraction of sp³-hybridized carbons (Fsp3) is 0.167. The van der Waals surface area contributed by atoms with Crippen LogP contribution in [0, 0.1) is 6.92 Å². The van der Waals surface area contributed by atoms with E-state index in [0.29, 0.717) is 33.9 Å². The van der Waals surface area contributed by atoms with E-state index >= 15 is 0 Å². The van der Waals surface area contributed by atoms with Crippen LogP contribution in [0.1, 0.15) is 5.56 Å². The van der Waals surface area contributed by atoms with E-state index in [0.717, 1.165) is 5.56 Å². The second kappa shape index (κ2) is 8.79. The van der Waals surface area contributed by atoms with Gasteiger partial charge in [0.1, 0.15) is 5.69 Å². The highest BCUT2D eigenvalue weighted by Crippen LogP contribution is 2.24. The molecule has 0 saturated carbocycles. The standard InChI is InChI=1S/C18H17ClN6OS/c1-3-8-25-17(15-10-20-6-7-21-15)23-24-18(25)27-11-16(26)22-14-9-13(19)5-4-12(14)2/h3-7,9-10H,1,8,11H2,2H3,(H,22,26). The number of allylic oxidation sites excluding steroid dienone is 1. The summed E-state index contributed by atoms with van der Waals surface area (Å²) in [7, 11) is 0. The van der Waals surface area contributed by atoms with E-state index in [2.05, 4.69) is 32.1 Å². The second-order valence-corrected chi connectivity index (χ2v) is 6.97. The van der Waals surface area contributed by atoms with Gasteiger partial charge in [-0.15, -0.1) is 16.8 Å². The van der Waals surface area contributed by atoms with Crippen LogP contribution in [0.15, 0.2) is 54.6 Å². The molecule has 0 atom stereocenters. The lowest BCUT2D eigenvalue weighted by molar-refractivity contribution is -0.113. The van der Waals surface area contributed by atoms with Crippen molar-refractivity contribution in [2.45, 2.75) is 18.6 Å². The molecule has 0 fully saturated rings. The monoisotopic (exact) mass is 400 g/mol. The Kier molecular flexibility index (Phi) is 6.20. The summed E-state index contributed by atoms with van der Waals surface area (Å²) in [6.45, 7) is 6.17. The Hall–Kier alpha value is -2.71. The predicted octanol–water partition coefficient (Wildman–Crippen LogP) is 3.61. The Balaban J connectivity index is 1.72.